The fourth-order valence-corrected chi connectivity index (χ4v) is 4.21. The van der Waals surface area contributed by atoms with Crippen LogP contribution in [0.25, 0.3) is 0 Å². The third kappa shape index (κ3) is 1.88. The highest BCUT2D eigenvalue weighted by atomic mass is 16.5. The molecule has 2 aliphatic carbocycles. The number of nitrogens with one attached hydrogen (secondary N) is 1. The van der Waals surface area contributed by atoms with Crippen LogP contribution in [0, 0.1) is 16.7 Å². The van der Waals surface area contributed by atoms with E-state index in [9.17, 15) is 4.79 Å². The van der Waals surface area contributed by atoms with Crippen molar-refractivity contribution in [2.75, 3.05) is 7.11 Å². The van der Waals surface area contributed by atoms with Gasteiger partial charge in [0.1, 0.15) is 6.04 Å². The van der Waals surface area contributed by atoms with E-state index in [0.29, 0.717) is 11.5 Å². The van der Waals surface area contributed by atoms with E-state index in [1.165, 1.54) is 26.4 Å². The maximum atomic E-state index is 11.5. The molecule has 0 aromatic heterocycles. The van der Waals surface area contributed by atoms with Crippen LogP contribution in [0.3, 0.4) is 0 Å². The quantitative estimate of drug-likeness (QED) is 0.768. The standard InChI is InChI=1S/C14H25NO2/c1-9(11(16)17-5)15-12-13(2,3)10-6-7-14(12,4)8-10/h9-10,12,15H,6-8H2,1-5H3/t9-,10-,12?,14+/m0/s1. The van der Waals surface area contributed by atoms with Gasteiger partial charge in [0.15, 0.2) is 0 Å². The first-order valence-corrected chi connectivity index (χ1v) is 6.65. The Morgan fingerprint density at radius 1 is 1.41 bits per heavy atom. The molecule has 3 heteroatoms. The van der Waals surface area contributed by atoms with Gasteiger partial charge in [-0.1, -0.05) is 20.8 Å². The number of ether oxygens (including phenoxy) is 1. The van der Waals surface area contributed by atoms with Crippen LogP contribution in [-0.4, -0.2) is 25.2 Å². The van der Waals surface area contributed by atoms with Crippen molar-refractivity contribution in [2.45, 2.75) is 59.0 Å². The average molecular weight is 239 g/mol. The van der Waals surface area contributed by atoms with Gasteiger partial charge in [-0.15, -0.1) is 0 Å². The summed E-state index contributed by atoms with van der Waals surface area (Å²) >= 11 is 0. The van der Waals surface area contributed by atoms with Crippen molar-refractivity contribution in [2.24, 2.45) is 16.7 Å². The summed E-state index contributed by atoms with van der Waals surface area (Å²) in [6.45, 7) is 8.94. The zero-order valence-corrected chi connectivity index (χ0v) is 11.7. The molecular weight excluding hydrogens is 214 g/mol. The monoisotopic (exact) mass is 239 g/mol. The second-order valence-corrected chi connectivity index (χ2v) is 6.76. The Hall–Kier alpha value is -0.570. The summed E-state index contributed by atoms with van der Waals surface area (Å²) in [5.41, 5.74) is 0.645. The Morgan fingerprint density at radius 2 is 2.06 bits per heavy atom. The van der Waals surface area contributed by atoms with Crippen LogP contribution in [0.15, 0.2) is 0 Å². The lowest BCUT2D eigenvalue weighted by Gasteiger charge is -2.44. The molecule has 0 aromatic rings. The Balaban J connectivity index is 2.12. The van der Waals surface area contributed by atoms with E-state index in [1.54, 1.807) is 0 Å². The highest BCUT2D eigenvalue weighted by molar-refractivity contribution is 5.75. The van der Waals surface area contributed by atoms with Crippen LogP contribution in [0.2, 0.25) is 0 Å². The molecular formula is C14H25NO2. The van der Waals surface area contributed by atoms with Gasteiger partial charge in [-0.05, 0) is 42.9 Å². The molecule has 2 bridgehead atoms. The molecule has 0 radical (unpaired) electrons. The lowest BCUT2D eigenvalue weighted by atomic mass is 9.68. The molecule has 2 rings (SSSR count). The smallest absolute Gasteiger partial charge is 0.322 e. The number of esters is 1. The summed E-state index contributed by atoms with van der Waals surface area (Å²) in [5, 5.41) is 3.52. The van der Waals surface area contributed by atoms with Gasteiger partial charge >= 0.3 is 5.97 Å². The van der Waals surface area contributed by atoms with Crippen molar-refractivity contribution < 1.29 is 9.53 Å². The fraction of sp³-hybridized carbons (Fsp3) is 0.929. The van der Waals surface area contributed by atoms with Gasteiger partial charge in [0.2, 0.25) is 0 Å². The number of hydrogen-bond donors (Lipinski definition) is 1. The largest absolute Gasteiger partial charge is 0.468 e. The lowest BCUT2D eigenvalue weighted by Crippen LogP contribution is -2.55. The van der Waals surface area contributed by atoms with E-state index in [4.69, 9.17) is 4.74 Å². The van der Waals surface area contributed by atoms with Crippen LogP contribution in [0.4, 0.5) is 0 Å². The average Bonchev–Trinajstić information content (AvgIpc) is 2.74. The molecule has 2 aliphatic rings. The number of carbonyl (C=O) groups excluding carboxylic acids is 1. The highest BCUT2D eigenvalue weighted by Crippen LogP contribution is 2.62. The highest BCUT2D eigenvalue weighted by Gasteiger charge is 2.59. The molecule has 0 aliphatic heterocycles. The second kappa shape index (κ2) is 3.98. The molecule has 0 spiro atoms. The molecule has 1 unspecified atom stereocenters. The Kier molecular flexibility index (Phi) is 3.01. The summed E-state index contributed by atoms with van der Waals surface area (Å²) in [4.78, 5) is 11.5. The van der Waals surface area contributed by atoms with Crippen molar-refractivity contribution in [3.8, 4) is 0 Å². The zero-order chi connectivity index (χ0) is 12.8. The van der Waals surface area contributed by atoms with Crippen molar-refractivity contribution in [1.82, 2.24) is 5.32 Å². The predicted molar refractivity (Wildman–Crippen MR) is 67.6 cm³/mol. The lowest BCUT2D eigenvalue weighted by molar-refractivity contribution is -0.143. The molecule has 17 heavy (non-hydrogen) atoms. The van der Waals surface area contributed by atoms with Gasteiger partial charge < -0.3 is 10.1 Å². The third-order valence-electron chi connectivity index (χ3n) is 5.24. The number of rotatable bonds is 3. The van der Waals surface area contributed by atoms with Crippen LogP contribution < -0.4 is 5.32 Å². The zero-order valence-electron chi connectivity index (χ0n) is 11.7. The van der Waals surface area contributed by atoms with E-state index in [-0.39, 0.29) is 17.4 Å². The molecule has 2 saturated carbocycles. The molecule has 2 fully saturated rings. The Bertz CT molecular complexity index is 321. The minimum Gasteiger partial charge on any atom is -0.468 e. The van der Waals surface area contributed by atoms with E-state index in [1.807, 2.05) is 6.92 Å². The van der Waals surface area contributed by atoms with E-state index in [2.05, 4.69) is 26.1 Å². The second-order valence-electron chi connectivity index (χ2n) is 6.76. The summed E-state index contributed by atoms with van der Waals surface area (Å²) in [6.07, 6.45) is 3.92. The summed E-state index contributed by atoms with van der Waals surface area (Å²) in [7, 11) is 1.45. The van der Waals surface area contributed by atoms with Crippen LogP contribution in [0.5, 0.6) is 0 Å². The fourth-order valence-electron chi connectivity index (χ4n) is 4.21. The number of carbonyl (C=O) groups is 1. The molecule has 1 N–H and O–H groups in total. The number of hydrogen-bond acceptors (Lipinski definition) is 3. The van der Waals surface area contributed by atoms with Gasteiger partial charge in [0, 0.05) is 6.04 Å². The first-order chi connectivity index (χ1) is 7.81. The molecule has 0 aromatic carbocycles. The molecule has 0 saturated heterocycles. The summed E-state index contributed by atoms with van der Waals surface area (Å²) in [5.74, 6) is 0.641. The maximum Gasteiger partial charge on any atom is 0.322 e. The number of methoxy groups -OCH3 is 1. The van der Waals surface area contributed by atoms with Crippen molar-refractivity contribution in [1.29, 1.82) is 0 Å². The minimum atomic E-state index is -0.208. The molecule has 0 heterocycles. The van der Waals surface area contributed by atoms with Gasteiger partial charge in [-0.3, -0.25) is 4.79 Å². The molecule has 98 valence electrons. The van der Waals surface area contributed by atoms with Gasteiger partial charge in [0.05, 0.1) is 7.11 Å². The summed E-state index contributed by atoms with van der Waals surface area (Å²) in [6, 6.07) is 0.211. The Labute approximate surface area is 104 Å². The van der Waals surface area contributed by atoms with Crippen molar-refractivity contribution >= 4 is 5.97 Å². The van der Waals surface area contributed by atoms with Gasteiger partial charge in [0.25, 0.3) is 0 Å². The predicted octanol–water partition coefficient (Wildman–Crippen LogP) is 2.35. The van der Waals surface area contributed by atoms with Crippen LogP contribution in [-0.2, 0) is 9.53 Å². The van der Waals surface area contributed by atoms with Gasteiger partial charge in [-0.2, -0.15) is 0 Å². The third-order valence-corrected chi connectivity index (χ3v) is 5.24. The van der Waals surface area contributed by atoms with Crippen molar-refractivity contribution in [3.05, 3.63) is 0 Å². The topological polar surface area (TPSA) is 38.3 Å². The molecule has 4 atom stereocenters. The van der Waals surface area contributed by atoms with E-state index < -0.39 is 0 Å². The van der Waals surface area contributed by atoms with Crippen LogP contribution >= 0.6 is 0 Å². The first-order valence-electron chi connectivity index (χ1n) is 6.65. The summed E-state index contributed by atoms with van der Waals surface area (Å²) < 4.78 is 4.80. The first kappa shape index (κ1) is 12.9. The number of fused-ring (bicyclic) bond motifs is 2. The van der Waals surface area contributed by atoms with E-state index in [0.717, 1.165) is 5.92 Å². The molecule has 3 nitrogen and oxygen atoms in total. The van der Waals surface area contributed by atoms with Gasteiger partial charge in [-0.25, -0.2) is 0 Å². The van der Waals surface area contributed by atoms with Crippen LogP contribution in [0.1, 0.15) is 47.0 Å². The maximum absolute atomic E-state index is 11.5. The minimum absolute atomic E-state index is 0.160. The molecule has 0 amide bonds. The normalized spacial score (nSPS) is 40.3. The SMILES string of the molecule is COC(=O)[C@H](C)NC1C(C)(C)[C@H]2CC[C@]1(C)C2. The van der Waals surface area contributed by atoms with E-state index >= 15 is 0 Å². The Morgan fingerprint density at radius 3 is 2.53 bits per heavy atom. The van der Waals surface area contributed by atoms with Crippen molar-refractivity contribution in [3.63, 3.8) is 0 Å².